The fraction of sp³-hybridized carbons (Fsp3) is 0.250. The zero-order valence-corrected chi connectivity index (χ0v) is 19.2. The molecule has 1 amide bonds. The number of ether oxygens (including phenoxy) is 1. The van der Waals surface area contributed by atoms with Crippen molar-refractivity contribution in [3.05, 3.63) is 68.0 Å². The van der Waals surface area contributed by atoms with Crippen molar-refractivity contribution >= 4 is 52.2 Å². The summed E-state index contributed by atoms with van der Waals surface area (Å²) in [7, 11) is 0. The van der Waals surface area contributed by atoms with Crippen molar-refractivity contribution in [1.29, 1.82) is 0 Å². The Hall–Kier alpha value is -2.82. The summed E-state index contributed by atoms with van der Waals surface area (Å²) in [6, 6.07) is 9.51. The Morgan fingerprint density at radius 2 is 2.06 bits per heavy atom. The minimum Gasteiger partial charge on any atom is -0.492 e. The molecule has 0 spiro atoms. The number of nitrogens with zero attached hydrogens (tertiary/aromatic N) is 3. The number of thioether (sulfide) groups is 1. The molecule has 1 heterocycles. The number of nitro benzene ring substituents is 1. The van der Waals surface area contributed by atoms with Gasteiger partial charge in [0.15, 0.2) is 0 Å². The highest BCUT2D eigenvalue weighted by Crippen LogP contribution is 2.28. The Bertz CT molecular complexity index is 1130. The molecule has 168 valence electrons. The van der Waals surface area contributed by atoms with Crippen molar-refractivity contribution in [3.8, 4) is 5.75 Å². The van der Waals surface area contributed by atoms with Gasteiger partial charge in [-0.25, -0.2) is 0 Å². The standard InChI is InChI=1S/C20H18Cl2N4O5S/c1-12-4-6-14(10-16(12)26(28)29)23-18(27)11-32-20-25-24-19(31-20)3-2-8-30-17-7-5-13(21)9-15(17)22/h4-7,9-10H,2-3,8,11H2,1H3,(H,23,27). The third kappa shape index (κ3) is 6.84. The molecular formula is C20H18Cl2N4O5S. The second-order valence-corrected chi connectivity index (χ2v) is 8.35. The molecule has 0 aliphatic heterocycles. The summed E-state index contributed by atoms with van der Waals surface area (Å²) in [5.41, 5.74) is 0.807. The number of nitrogens with one attached hydrogen (secondary N) is 1. The van der Waals surface area contributed by atoms with Crippen LogP contribution in [-0.4, -0.2) is 33.4 Å². The van der Waals surface area contributed by atoms with Gasteiger partial charge in [0.2, 0.25) is 11.8 Å². The van der Waals surface area contributed by atoms with Crippen LogP contribution in [0.5, 0.6) is 5.75 Å². The summed E-state index contributed by atoms with van der Waals surface area (Å²) in [5, 5.41) is 22.7. The van der Waals surface area contributed by atoms with E-state index in [1.54, 1.807) is 37.3 Å². The lowest BCUT2D eigenvalue weighted by Crippen LogP contribution is -2.14. The van der Waals surface area contributed by atoms with Crippen LogP contribution >= 0.6 is 35.0 Å². The van der Waals surface area contributed by atoms with Crippen LogP contribution in [-0.2, 0) is 11.2 Å². The second-order valence-electron chi connectivity index (χ2n) is 6.58. The van der Waals surface area contributed by atoms with Crippen LogP contribution < -0.4 is 10.1 Å². The van der Waals surface area contributed by atoms with E-state index in [1.165, 1.54) is 6.07 Å². The molecule has 0 atom stereocenters. The number of rotatable bonds is 10. The van der Waals surface area contributed by atoms with Gasteiger partial charge < -0.3 is 14.5 Å². The minimum absolute atomic E-state index is 0.0154. The first-order chi connectivity index (χ1) is 15.3. The molecule has 3 aromatic rings. The molecule has 0 saturated heterocycles. The number of hydrogen-bond donors (Lipinski definition) is 1. The van der Waals surface area contributed by atoms with Crippen LogP contribution in [0.1, 0.15) is 17.9 Å². The lowest BCUT2D eigenvalue weighted by molar-refractivity contribution is -0.385. The maximum atomic E-state index is 12.1. The normalized spacial score (nSPS) is 10.7. The Balaban J connectivity index is 1.41. The summed E-state index contributed by atoms with van der Waals surface area (Å²) in [5.74, 6) is 0.637. The van der Waals surface area contributed by atoms with E-state index in [-0.39, 0.29) is 22.6 Å². The lowest BCUT2D eigenvalue weighted by atomic mass is 10.2. The Morgan fingerprint density at radius 1 is 1.25 bits per heavy atom. The van der Waals surface area contributed by atoms with Gasteiger partial charge in [0, 0.05) is 28.8 Å². The topological polar surface area (TPSA) is 120 Å². The molecule has 0 aliphatic rings. The van der Waals surface area contributed by atoms with E-state index in [1.807, 2.05) is 0 Å². The highest BCUT2D eigenvalue weighted by Gasteiger charge is 2.14. The van der Waals surface area contributed by atoms with Gasteiger partial charge in [-0.3, -0.25) is 14.9 Å². The molecule has 3 rings (SSSR count). The molecule has 0 fully saturated rings. The molecule has 1 N–H and O–H groups in total. The largest absolute Gasteiger partial charge is 0.492 e. The van der Waals surface area contributed by atoms with Crippen LogP contribution in [0.3, 0.4) is 0 Å². The zero-order chi connectivity index (χ0) is 23.1. The van der Waals surface area contributed by atoms with Crippen LogP contribution in [0.15, 0.2) is 46.0 Å². The molecular weight excluding hydrogens is 479 g/mol. The fourth-order valence-corrected chi connectivity index (χ4v) is 3.65. The Kier molecular flexibility index (Phi) is 8.32. The summed E-state index contributed by atoms with van der Waals surface area (Å²) < 4.78 is 11.1. The van der Waals surface area contributed by atoms with E-state index in [0.717, 1.165) is 11.8 Å². The molecule has 0 radical (unpaired) electrons. The van der Waals surface area contributed by atoms with E-state index in [2.05, 4.69) is 15.5 Å². The van der Waals surface area contributed by atoms with E-state index in [9.17, 15) is 14.9 Å². The molecule has 0 unspecified atom stereocenters. The molecule has 9 nitrogen and oxygen atoms in total. The van der Waals surface area contributed by atoms with Crippen LogP contribution in [0.4, 0.5) is 11.4 Å². The smallest absolute Gasteiger partial charge is 0.277 e. The number of nitro groups is 1. The Labute approximate surface area is 197 Å². The molecule has 12 heteroatoms. The van der Waals surface area contributed by atoms with Gasteiger partial charge in [-0.2, -0.15) is 0 Å². The van der Waals surface area contributed by atoms with Gasteiger partial charge in [0.05, 0.1) is 22.3 Å². The van der Waals surface area contributed by atoms with Crippen molar-refractivity contribution in [2.24, 2.45) is 0 Å². The SMILES string of the molecule is Cc1ccc(NC(=O)CSc2nnc(CCCOc3ccc(Cl)cc3Cl)o2)cc1[N+](=O)[O-]. The van der Waals surface area contributed by atoms with E-state index >= 15 is 0 Å². The van der Waals surface area contributed by atoms with Crippen molar-refractivity contribution in [2.75, 3.05) is 17.7 Å². The number of carbonyl (C=O) groups is 1. The maximum Gasteiger partial charge on any atom is 0.277 e. The summed E-state index contributed by atoms with van der Waals surface area (Å²) in [6.07, 6.45) is 1.12. The van der Waals surface area contributed by atoms with Crippen LogP contribution in [0.2, 0.25) is 10.0 Å². The van der Waals surface area contributed by atoms with Gasteiger partial charge in [-0.15, -0.1) is 10.2 Å². The van der Waals surface area contributed by atoms with E-state index < -0.39 is 4.92 Å². The second kappa shape index (κ2) is 11.2. The number of aryl methyl sites for hydroxylation is 2. The maximum absolute atomic E-state index is 12.1. The third-order valence-corrected chi connectivity index (χ3v) is 5.50. The number of aromatic nitrogens is 2. The average Bonchev–Trinajstić information content (AvgIpc) is 3.20. The number of carbonyl (C=O) groups excluding carboxylic acids is 1. The Morgan fingerprint density at radius 3 is 2.81 bits per heavy atom. The van der Waals surface area contributed by atoms with Gasteiger partial charge >= 0.3 is 0 Å². The number of hydrogen-bond acceptors (Lipinski definition) is 8. The number of amides is 1. The van der Waals surface area contributed by atoms with Crippen molar-refractivity contribution in [2.45, 2.75) is 25.0 Å². The molecule has 1 aromatic heterocycles. The fourth-order valence-electron chi connectivity index (χ4n) is 2.60. The van der Waals surface area contributed by atoms with Crippen LogP contribution in [0, 0.1) is 17.0 Å². The van der Waals surface area contributed by atoms with Crippen molar-refractivity contribution in [1.82, 2.24) is 10.2 Å². The summed E-state index contributed by atoms with van der Waals surface area (Å²) in [6.45, 7) is 2.03. The monoisotopic (exact) mass is 496 g/mol. The first-order valence-corrected chi connectivity index (χ1v) is 11.1. The molecule has 0 saturated carbocycles. The van der Waals surface area contributed by atoms with Gasteiger partial charge in [-0.05, 0) is 37.6 Å². The summed E-state index contributed by atoms with van der Waals surface area (Å²) in [4.78, 5) is 22.6. The molecule has 2 aromatic carbocycles. The predicted molar refractivity (Wildman–Crippen MR) is 122 cm³/mol. The van der Waals surface area contributed by atoms with Gasteiger partial charge in [0.25, 0.3) is 10.9 Å². The number of halogens is 2. The van der Waals surface area contributed by atoms with Gasteiger partial charge in [-0.1, -0.05) is 41.0 Å². The highest BCUT2D eigenvalue weighted by molar-refractivity contribution is 7.99. The van der Waals surface area contributed by atoms with E-state index in [0.29, 0.717) is 52.4 Å². The molecule has 0 aliphatic carbocycles. The quantitative estimate of drug-likeness (QED) is 0.173. The van der Waals surface area contributed by atoms with Gasteiger partial charge in [0.1, 0.15) is 5.75 Å². The zero-order valence-electron chi connectivity index (χ0n) is 16.8. The first-order valence-electron chi connectivity index (χ1n) is 9.40. The summed E-state index contributed by atoms with van der Waals surface area (Å²) >= 11 is 13.0. The number of anilines is 1. The number of benzene rings is 2. The lowest BCUT2D eigenvalue weighted by Gasteiger charge is -2.07. The molecule has 32 heavy (non-hydrogen) atoms. The van der Waals surface area contributed by atoms with E-state index in [4.69, 9.17) is 32.4 Å². The highest BCUT2D eigenvalue weighted by atomic mass is 35.5. The van der Waals surface area contributed by atoms with Crippen molar-refractivity contribution in [3.63, 3.8) is 0 Å². The third-order valence-electron chi connectivity index (χ3n) is 4.15. The molecule has 0 bridgehead atoms. The average molecular weight is 497 g/mol. The first kappa shape index (κ1) is 23.8. The van der Waals surface area contributed by atoms with Crippen molar-refractivity contribution < 1.29 is 18.9 Å². The minimum atomic E-state index is -0.491. The predicted octanol–water partition coefficient (Wildman–Crippen LogP) is 5.34. The van der Waals surface area contributed by atoms with Crippen LogP contribution in [0.25, 0.3) is 0 Å².